The highest BCUT2D eigenvalue weighted by molar-refractivity contribution is 6.30. The number of carboxylic acids is 1. The van der Waals surface area contributed by atoms with Crippen LogP contribution in [0, 0.1) is 5.82 Å². The number of carbonyl (C=O) groups is 1. The van der Waals surface area contributed by atoms with E-state index in [1.54, 1.807) is 24.3 Å². The predicted octanol–water partition coefficient (Wildman–Crippen LogP) is 3.72. The molecule has 0 amide bonds. The molecule has 1 unspecified atom stereocenters. The zero-order valence-electron chi connectivity index (χ0n) is 9.81. The minimum Gasteiger partial charge on any atom is -0.479 e. The Kier molecular flexibility index (Phi) is 4.02. The van der Waals surface area contributed by atoms with Crippen LogP contribution in [0.3, 0.4) is 0 Å². The van der Waals surface area contributed by atoms with Gasteiger partial charge in [0.2, 0.25) is 0 Å². The van der Waals surface area contributed by atoms with Crippen molar-refractivity contribution in [2.75, 3.05) is 5.32 Å². The molecule has 0 heterocycles. The molecule has 0 aliphatic heterocycles. The Morgan fingerprint density at radius 3 is 2.47 bits per heavy atom. The van der Waals surface area contributed by atoms with E-state index in [0.717, 1.165) is 6.07 Å². The van der Waals surface area contributed by atoms with Crippen molar-refractivity contribution >= 4 is 23.3 Å². The number of anilines is 1. The first-order valence-corrected chi connectivity index (χ1v) is 5.95. The van der Waals surface area contributed by atoms with Gasteiger partial charge in [-0.1, -0.05) is 35.9 Å². The van der Waals surface area contributed by atoms with E-state index in [1.165, 1.54) is 12.1 Å². The third-order valence-electron chi connectivity index (χ3n) is 2.61. The quantitative estimate of drug-likeness (QED) is 0.897. The van der Waals surface area contributed by atoms with E-state index >= 15 is 0 Å². The molecular formula is C14H11ClFNO2. The average Bonchev–Trinajstić information content (AvgIpc) is 2.40. The Bertz CT molecular complexity index is 589. The van der Waals surface area contributed by atoms with Gasteiger partial charge in [-0.2, -0.15) is 0 Å². The van der Waals surface area contributed by atoms with Crippen molar-refractivity contribution in [3.63, 3.8) is 0 Å². The van der Waals surface area contributed by atoms with Crippen molar-refractivity contribution in [1.29, 1.82) is 0 Å². The van der Waals surface area contributed by atoms with Crippen molar-refractivity contribution in [1.82, 2.24) is 0 Å². The summed E-state index contributed by atoms with van der Waals surface area (Å²) in [4.78, 5) is 11.3. The molecular weight excluding hydrogens is 269 g/mol. The number of para-hydroxylation sites is 1. The smallest absolute Gasteiger partial charge is 0.330 e. The Labute approximate surface area is 114 Å². The van der Waals surface area contributed by atoms with E-state index < -0.39 is 17.8 Å². The molecule has 0 radical (unpaired) electrons. The molecule has 0 aliphatic carbocycles. The van der Waals surface area contributed by atoms with Crippen LogP contribution in [-0.2, 0) is 4.79 Å². The summed E-state index contributed by atoms with van der Waals surface area (Å²) in [6, 6.07) is 11.8. The van der Waals surface area contributed by atoms with Crippen molar-refractivity contribution < 1.29 is 14.3 Å². The second kappa shape index (κ2) is 5.71. The molecule has 0 aliphatic rings. The van der Waals surface area contributed by atoms with E-state index in [2.05, 4.69) is 5.32 Å². The maximum Gasteiger partial charge on any atom is 0.330 e. The molecule has 19 heavy (non-hydrogen) atoms. The van der Waals surface area contributed by atoms with Gasteiger partial charge >= 0.3 is 5.97 Å². The fourth-order valence-corrected chi connectivity index (χ4v) is 1.80. The van der Waals surface area contributed by atoms with E-state index in [-0.39, 0.29) is 5.02 Å². The van der Waals surface area contributed by atoms with E-state index in [0.29, 0.717) is 11.3 Å². The molecule has 0 aromatic heterocycles. The number of rotatable bonds is 4. The zero-order valence-corrected chi connectivity index (χ0v) is 10.6. The SMILES string of the molecule is O=C(O)C(Nc1ccccc1)c1ccc(Cl)c(F)c1. The summed E-state index contributed by atoms with van der Waals surface area (Å²) in [6.45, 7) is 0. The fourth-order valence-electron chi connectivity index (χ4n) is 1.68. The molecule has 5 heteroatoms. The molecule has 0 fully saturated rings. The molecule has 3 nitrogen and oxygen atoms in total. The van der Waals surface area contributed by atoms with Crippen LogP contribution in [0.5, 0.6) is 0 Å². The predicted molar refractivity (Wildman–Crippen MR) is 71.9 cm³/mol. The number of aliphatic carboxylic acids is 1. The summed E-state index contributed by atoms with van der Waals surface area (Å²) in [5.74, 6) is -1.73. The second-order valence-corrected chi connectivity index (χ2v) is 4.36. The first-order chi connectivity index (χ1) is 9.08. The number of hydrogen-bond acceptors (Lipinski definition) is 2. The molecule has 2 aromatic rings. The third kappa shape index (κ3) is 3.23. The van der Waals surface area contributed by atoms with Crippen LogP contribution in [0.1, 0.15) is 11.6 Å². The van der Waals surface area contributed by atoms with Gasteiger partial charge < -0.3 is 10.4 Å². The van der Waals surface area contributed by atoms with Crippen LogP contribution in [0.4, 0.5) is 10.1 Å². The van der Waals surface area contributed by atoms with Crippen LogP contribution in [0.25, 0.3) is 0 Å². The number of hydrogen-bond donors (Lipinski definition) is 2. The van der Waals surface area contributed by atoms with Crippen molar-refractivity contribution in [2.45, 2.75) is 6.04 Å². The van der Waals surface area contributed by atoms with Gasteiger partial charge in [0, 0.05) is 5.69 Å². The third-order valence-corrected chi connectivity index (χ3v) is 2.92. The van der Waals surface area contributed by atoms with Gasteiger partial charge in [-0.05, 0) is 29.8 Å². The van der Waals surface area contributed by atoms with Gasteiger partial charge in [0.1, 0.15) is 5.82 Å². The lowest BCUT2D eigenvalue weighted by Gasteiger charge is -2.16. The van der Waals surface area contributed by atoms with Gasteiger partial charge in [0.15, 0.2) is 6.04 Å². The monoisotopic (exact) mass is 279 g/mol. The van der Waals surface area contributed by atoms with Crippen molar-refractivity contribution in [3.8, 4) is 0 Å². The van der Waals surface area contributed by atoms with Crippen LogP contribution in [0.15, 0.2) is 48.5 Å². The lowest BCUT2D eigenvalue weighted by atomic mass is 10.1. The van der Waals surface area contributed by atoms with Crippen LogP contribution in [0.2, 0.25) is 5.02 Å². The fraction of sp³-hybridized carbons (Fsp3) is 0.0714. The van der Waals surface area contributed by atoms with Crippen LogP contribution >= 0.6 is 11.6 Å². The highest BCUT2D eigenvalue weighted by atomic mass is 35.5. The topological polar surface area (TPSA) is 49.3 Å². The summed E-state index contributed by atoms with van der Waals surface area (Å²) in [6.07, 6.45) is 0. The first-order valence-electron chi connectivity index (χ1n) is 5.57. The van der Waals surface area contributed by atoms with E-state index in [9.17, 15) is 14.3 Å². The standard InChI is InChI=1S/C14H11ClFNO2/c15-11-7-6-9(8-12(11)16)13(14(18)19)17-10-4-2-1-3-5-10/h1-8,13,17H,(H,18,19). The molecule has 0 spiro atoms. The summed E-state index contributed by atoms with van der Waals surface area (Å²) in [5.41, 5.74) is 0.948. The van der Waals surface area contributed by atoms with Crippen LogP contribution < -0.4 is 5.32 Å². The number of carboxylic acid groups (broad SMARTS) is 1. The highest BCUT2D eigenvalue weighted by Gasteiger charge is 2.20. The number of benzene rings is 2. The Hall–Kier alpha value is -2.07. The van der Waals surface area contributed by atoms with Crippen molar-refractivity contribution in [2.24, 2.45) is 0 Å². The molecule has 2 N–H and O–H groups in total. The normalized spacial score (nSPS) is 11.9. The van der Waals surface area contributed by atoms with E-state index in [4.69, 9.17) is 11.6 Å². The van der Waals surface area contributed by atoms with Gasteiger partial charge in [0.05, 0.1) is 5.02 Å². The molecule has 98 valence electrons. The lowest BCUT2D eigenvalue weighted by molar-refractivity contribution is -0.138. The average molecular weight is 280 g/mol. The molecule has 2 rings (SSSR count). The Morgan fingerprint density at radius 1 is 1.21 bits per heavy atom. The van der Waals surface area contributed by atoms with Crippen LogP contribution in [-0.4, -0.2) is 11.1 Å². The summed E-state index contributed by atoms with van der Waals surface area (Å²) < 4.78 is 13.4. The highest BCUT2D eigenvalue weighted by Crippen LogP contribution is 2.23. The molecule has 0 saturated heterocycles. The summed E-state index contributed by atoms with van der Waals surface area (Å²) >= 11 is 5.58. The minimum absolute atomic E-state index is 0.0346. The summed E-state index contributed by atoms with van der Waals surface area (Å²) in [5, 5.41) is 12.0. The molecule has 0 bridgehead atoms. The molecule has 2 aromatic carbocycles. The maximum absolute atomic E-state index is 13.4. The number of halogens is 2. The molecule has 0 saturated carbocycles. The largest absolute Gasteiger partial charge is 0.479 e. The van der Waals surface area contributed by atoms with Crippen molar-refractivity contribution in [3.05, 3.63) is 64.9 Å². The van der Waals surface area contributed by atoms with E-state index in [1.807, 2.05) is 6.07 Å². The Morgan fingerprint density at radius 2 is 1.89 bits per heavy atom. The Balaban J connectivity index is 2.30. The zero-order chi connectivity index (χ0) is 13.8. The first kappa shape index (κ1) is 13.4. The lowest BCUT2D eigenvalue weighted by Crippen LogP contribution is -2.20. The number of nitrogens with one attached hydrogen (secondary N) is 1. The summed E-state index contributed by atoms with van der Waals surface area (Å²) in [7, 11) is 0. The van der Waals surface area contributed by atoms with Gasteiger partial charge in [0.25, 0.3) is 0 Å². The maximum atomic E-state index is 13.4. The van der Waals surface area contributed by atoms with Gasteiger partial charge in [-0.25, -0.2) is 9.18 Å². The minimum atomic E-state index is -1.09. The van der Waals surface area contributed by atoms with Gasteiger partial charge in [-0.15, -0.1) is 0 Å². The second-order valence-electron chi connectivity index (χ2n) is 3.96. The molecule has 1 atom stereocenters. The van der Waals surface area contributed by atoms with Gasteiger partial charge in [-0.3, -0.25) is 0 Å².